The third-order valence-corrected chi connectivity index (χ3v) is 5.49. The molecule has 3 rings (SSSR count). The van der Waals surface area contributed by atoms with Gasteiger partial charge in [0.1, 0.15) is 11.9 Å². The second-order valence-electron chi connectivity index (χ2n) is 6.60. The molecule has 3 nitrogen and oxygen atoms in total. The molecule has 0 saturated heterocycles. The largest absolute Gasteiger partial charge is 0.330 e. The van der Waals surface area contributed by atoms with Crippen LogP contribution in [0, 0.1) is 11.3 Å². The Labute approximate surface area is 137 Å². The van der Waals surface area contributed by atoms with Gasteiger partial charge in [-0.05, 0) is 24.0 Å². The normalized spacial score (nSPS) is 15.4. The summed E-state index contributed by atoms with van der Waals surface area (Å²) in [6, 6.07) is 8.68. The van der Waals surface area contributed by atoms with Gasteiger partial charge >= 0.3 is 0 Å². The van der Waals surface area contributed by atoms with Gasteiger partial charge in [-0.3, -0.25) is 0 Å². The minimum Gasteiger partial charge on any atom is -0.330 e. The van der Waals surface area contributed by atoms with Crippen LogP contribution in [0.2, 0.25) is 0 Å². The van der Waals surface area contributed by atoms with Crippen molar-refractivity contribution in [2.45, 2.75) is 50.8 Å². The second-order valence-corrected chi connectivity index (χ2v) is 7.37. The lowest BCUT2D eigenvalue weighted by atomic mass is 9.77. The molecule has 1 atom stereocenters. The van der Waals surface area contributed by atoms with E-state index in [1.54, 1.807) is 0 Å². The molecule has 2 aromatic rings. The highest BCUT2D eigenvalue weighted by molar-refractivity contribution is 7.81. The molecule has 2 heterocycles. The molecule has 0 radical (unpaired) electrons. The Morgan fingerprint density at radius 2 is 2.18 bits per heavy atom. The van der Waals surface area contributed by atoms with Crippen LogP contribution in [0.1, 0.15) is 44.0 Å². The number of aromatic nitrogens is 2. The topological polar surface area (TPSA) is 41.6 Å². The van der Waals surface area contributed by atoms with Gasteiger partial charge in [0, 0.05) is 29.0 Å². The number of hydrogen-bond acceptors (Lipinski definition) is 3. The Morgan fingerprint density at radius 3 is 2.86 bits per heavy atom. The standard InChI is InChI=1S/C18H21N3S/c1-12(22)18(2,3)15-8-4-6-13-7-5-9-21-11-14(10-19)20-17(21)16(13)15/h4,6,8,11-12,22H,5,7,9H2,1-3H3/t12-/m1/s1. The zero-order valence-corrected chi connectivity index (χ0v) is 14.2. The van der Waals surface area contributed by atoms with Gasteiger partial charge < -0.3 is 4.57 Å². The fourth-order valence-corrected chi connectivity index (χ4v) is 3.25. The van der Waals surface area contributed by atoms with Gasteiger partial charge in [0.2, 0.25) is 0 Å². The molecule has 0 unspecified atom stereocenters. The lowest BCUT2D eigenvalue weighted by Crippen LogP contribution is -2.28. The van der Waals surface area contributed by atoms with Crippen LogP contribution in [-0.2, 0) is 18.4 Å². The third kappa shape index (κ3) is 2.34. The fourth-order valence-electron chi connectivity index (χ4n) is 3.11. The molecule has 1 aliphatic rings. The van der Waals surface area contributed by atoms with Crippen molar-refractivity contribution in [1.29, 1.82) is 5.26 Å². The van der Waals surface area contributed by atoms with Crippen LogP contribution in [-0.4, -0.2) is 14.8 Å². The number of nitriles is 1. The molecule has 22 heavy (non-hydrogen) atoms. The van der Waals surface area contributed by atoms with Crippen LogP contribution < -0.4 is 0 Å². The molecule has 0 N–H and O–H groups in total. The molecule has 0 aliphatic carbocycles. The van der Waals surface area contributed by atoms with E-state index in [9.17, 15) is 5.26 Å². The van der Waals surface area contributed by atoms with E-state index in [-0.39, 0.29) is 10.7 Å². The van der Waals surface area contributed by atoms with Crippen LogP contribution in [0.25, 0.3) is 11.4 Å². The maximum atomic E-state index is 9.18. The predicted octanol–water partition coefficient (Wildman–Crippen LogP) is 3.96. The maximum absolute atomic E-state index is 9.18. The van der Waals surface area contributed by atoms with Gasteiger partial charge in [0.05, 0.1) is 0 Å². The number of rotatable bonds is 2. The van der Waals surface area contributed by atoms with Crippen molar-refractivity contribution < 1.29 is 0 Å². The molecule has 0 fully saturated rings. The SMILES string of the molecule is C[C@@H](S)C(C)(C)c1cccc2c1-c1nc(C#N)cn1CCC2. The molecule has 0 bridgehead atoms. The highest BCUT2D eigenvalue weighted by Crippen LogP contribution is 2.40. The molecule has 114 valence electrons. The average Bonchev–Trinajstić information content (AvgIpc) is 2.82. The van der Waals surface area contributed by atoms with E-state index >= 15 is 0 Å². The first-order valence-corrected chi connectivity index (χ1v) is 8.25. The van der Waals surface area contributed by atoms with Gasteiger partial charge in [-0.2, -0.15) is 17.9 Å². The van der Waals surface area contributed by atoms with Crippen molar-refractivity contribution in [3.8, 4) is 17.5 Å². The number of thiol groups is 1. The minimum absolute atomic E-state index is 0.0671. The first kappa shape index (κ1) is 15.2. The molecule has 0 saturated carbocycles. The Kier molecular flexibility index (Phi) is 3.78. The molecule has 1 aromatic heterocycles. The molecule has 0 amide bonds. The summed E-state index contributed by atoms with van der Waals surface area (Å²) in [6.07, 6.45) is 3.99. The highest BCUT2D eigenvalue weighted by Gasteiger charge is 2.31. The molecular weight excluding hydrogens is 290 g/mol. The Morgan fingerprint density at radius 1 is 1.41 bits per heavy atom. The number of benzene rings is 1. The third-order valence-electron chi connectivity index (χ3n) is 4.85. The predicted molar refractivity (Wildman–Crippen MR) is 92.2 cm³/mol. The Balaban J connectivity index is 2.30. The van der Waals surface area contributed by atoms with Crippen molar-refractivity contribution in [1.82, 2.24) is 9.55 Å². The Bertz CT molecular complexity index is 750. The van der Waals surface area contributed by atoms with Crippen LogP contribution >= 0.6 is 12.6 Å². The lowest BCUT2D eigenvalue weighted by molar-refractivity contribution is 0.523. The quantitative estimate of drug-likeness (QED) is 0.853. The average molecular weight is 311 g/mol. The van der Waals surface area contributed by atoms with Gasteiger partial charge in [0.15, 0.2) is 5.69 Å². The van der Waals surface area contributed by atoms with E-state index in [1.807, 2.05) is 6.20 Å². The van der Waals surface area contributed by atoms with E-state index in [4.69, 9.17) is 12.6 Å². The summed E-state index contributed by atoms with van der Waals surface area (Å²) in [5.74, 6) is 0.932. The zero-order valence-electron chi connectivity index (χ0n) is 13.3. The van der Waals surface area contributed by atoms with Crippen molar-refractivity contribution in [3.63, 3.8) is 0 Å². The molecule has 1 aliphatic heterocycles. The number of aryl methyl sites for hydroxylation is 2. The highest BCUT2D eigenvalue weighted by atomic mass is 32.1. The van der Waals surface area contributed by atoms with Gasteiger partial charge in [0.25, 0.3) is 0 Å². The number of nitrogens with zero attached hydrogens (tertiary/aromatic N) is 3. The van der Waals surface area contributed by atoms with Crippen molar-refractivity contribution in [2.75, 3.05) is 0 Å². The van der Waals surface area contributed by atoms with Crippen LogP contribution in [0.4, 0.5) is 0 Å². The van der Waals surface area contributed by atoms with E-state index in [2.05, 4.69) is 54.6 Å². The van der Waals surface area contributed by atoms with E-state index in [1.165, 1.54) is 16.7 Å². The van der Waals surface area contributed by atoms with Gasteiger partial charge in [-0.15, -0.1) is 0 Å². The summed E-state index contributed by atoms with van der Waals surface area (Å²) in [6.45, 7) is 7.49. The number of imidazole rings is 1. The van der Waals surface area contributed by atoms with Crippen LogP contribution in [0.5, 0.6) is 0 Å². The smallest absolute Gasteiger partial charge is 0.159 e. The summed E-state index contributed by atoms with van der Waals surface area (Å²) in [4.78, 5) is 4.58. The van der Waals surface area contributed by atoms with E-state index in [0.717, 1.165) is 25.2 Å². The van der Waals surface area contributed by atoms with Gasteiger partial charge in [-0.25, -0.2) is 4.98 Å². The Hall–Kier alpha value is -1.73. The summed E-state index contributed by atoms with van der Waals surface area (Å²) in [7, 11) is 0. The molecule has 1 aromatic carbocycles. The van der Waals surface area contributed by atoms with Crippen LogP contribution in [0.3, 0.4) is 0 Å². The second kappa shape index (κ2) is 5.48. The van der Waals surface area contributed by atoms with E-state index < -0.39 is 0 Å². The number of fused-ring (bicyclic) bond motifs is 3. The number of hydrogen-bond donors (Lipinski definition) is 1. The molecular formula is C18H21N3S. The summed E-state index contributed by atoms with van der Waals surface area (Å²) >= 11 is 4.70. The van der Waals surface area contributed by atoms with E-state index in [0.29, 0.717) is 5.69 Å². The molecule has 4 heteroatoms. The minimum atomic E-state index is -0.0671. The van der Waals surface area contributed by atoms with Crippen LogP contribution in [0.15, 0.2) is 24.4 Å². The summed E-state index contributed by atoms with van der Waals surface area (Å²) < 4.78 is 2.13. The maximum Gasteiger partial charge on any atom is 0.159 e. The van der Waals surface area contributed by atoms with Gasteiger partial charge in [-0.1, -0.05) is 39.0 Å². The zero-order chi connectivity index (χ0) is 15.9. The fraction of sp³-hybridized carbons (Fsp3) is 0.444. The summed E-state index contributed by atoms with van der Waals surface area (Å²) in [5.41, 5.74) is 4.23. The lowest BCUT2D eigenvalue weighted by Gasteiger charge is -2.32. The van der Waals surface area contributed by atoms with Crippen molar-refractivity contribution in [3.05, 3.63) is 41.2 Å². The van der Waals surface area contributed by atoms with Crippen molar-refractivity contribution >= 4 is 12.6 Å². The van der Waals surface area contributed by atoms with Crippen molar-refractivity contribution in [2.24, 2.45) is 0 Å². The summed E-state index contributed by atoms with van der Waals surface area (Å²) in [5, 5.41) is 9.41. The molecule has 0 spiro atoms. The first-order valence-electron chi connectivity index (χ1n) is 7.73. The first-order chi connectivity index (χ1) is 10.4. The monoisotopic (exact) mass is 311 g/mol.